The van der Waals surface area contributed by atoms with E-state index in [1.54, 1.807) is 43.3 Å². The van der Waals surface area contributed by atoms with E-state index in [0.717, 1.165) is 11.8 Å². The number of amides is 1. The standard InChI is InChI=1S/C17H19ClN2O4S/c1-11(12-5-4-6-14(9-12)20-25(3,22)23)19-17(21)15-10-13(18)7-8-16(15)24-2/h4-11,20H,1-3H3,(H,19,21)/t11-/m1/s1. The first kappa shape index (κ1) is 19.1. The number of sulfonamides is 1. The van der Waals surface area contributed by atoms with Crippen molar-refractivity contribution in [2.24, 2.45) is 0 Å². The summed E-state index contributed by atoms with van der Waals surface area (Å²) in [5.74, 6) is 0.0786. The van der Waals surface area contributed by atoms with Crippen LogP contribution in [0, 0.1) is 0 Å². The van der Waals surface area contributed by atoms with Gasteiger partial charge in [-0.25, -0.2) is 8.42 Å². The summed E-state index contributed by atoms with van der Waals surface area (Å²) in [6.07, 6.45) is 1.08. The van der Waals surface area contributed by atoms with Crippen LogP contribution in [0.3, 0.4) is 0 Å². The molecular formula is C17H19ClN2O4S. The highest BCUT2D eigenvalue weighted by Crippen LogP contribution is 2.24. The van der Waals surface area contributed by atoms with Gasteiger partial charge in [-0.15, -0.1) is 0 Å². The second-order valence-corrected chi connectivity index (χ2v) is 7.72. The number of hydrogen-bond acceptors (Lipinski definition) is 4. The number of carbonyl (C=O) groups excluding carboxylic acids is 1. The normalized spacial score (nSPS) is 12.3. The summed E-state index contributed by atoms with van der Waals surface area (Å²) in [6, 6.07) is 11.3. The van der Waals surface area contributed by atoms with E-state index in [1.807, 2.05) is 0 Å². The maximum Gasteiger partial charge on any atom is 0.255 e. The Kier molecular flexibility index (Phi) is 5.92. The van der Waals surface area contributed by atoms with E-state index in [0.29, 0.717) is 22.0 Å². The highest BCUT2D eigenvalue weighted by molar-refractivity contribution is 7.92. The van der Waals surface area contributed by atoms with Crippen LogP contribution in [-0.2, 0) is 10.0 Å². The van der Waals surface area contributed by atoms with Gasteiger partial charge in [-0.3, -0.25) is 9.52 Å². The topological polar surface area (TPSA) is 84.5 Å². The third kappa shape index (κ3) is 5.37. The van der Waals surface area contributed by atoms with Gasteiger partial charge in [0.1, 0.15) is 5.75 Å². The monoisotopic (exact) mass is 382 g/mol. The van der Waals surface area contributed by atoms with Crippen molar-refractivity contribution in [3.63, 3.8) is 0 Å². The van der Waals surface area contributed by atoms with Gasteiger partial charge in [0.05, 0.1) is 25.0 Å². The minimum absolute atomic E-state index is 0.326. The zero-order valence-corrected chi connectivity index (χ0v) is 15.6. The summed E-state index contributed by atoms with van der Waals surface area (Å²) in [7, 11) is -1.89. The van der Waals surface area contributed by atoms with Gasteiger partial charge in [-0.1, -0.05) is 23.7 Å². The van der Waals surface area contributed by atoms with Crippen LogP contribution in [0.25, 0.3) is 0 Å². The molecule has 2 aromatic rings. The molecule has 1 amide bonds. The lowest BCUT2D eigenvalue weighted by atomic mass is 10.1. The van der Waals surface area contributed by atoms with Gasteiger partial charge < -0.3 is 10.1 Å². The van der Waals surface area contributed by atoms with Crippen LogP contribution in [0.15, 0.2) is 42.5 Å². The maximum absolute atomic E-state index is 12.5. The van der Waals surface area contributed by atoms with Crippen LogP contribution >= 0.6 is 11.6 Å². The molecule has 0 radical (unpaired) electrons. The molecule has 0 saturated heterocycles. The minimum Gasteiger partial charge on any atom is -0.496 e. The molecule has 0 aliphatic heterocycles. The molecule has 0 aliphatic carbocycles. The van der Waals surface area contributed by atoms with E-state index in [2.05, 4.69) is 10.0 Å². The predicted molar refractivity (Wildman–Crippen MR) is 98.8 cm³/mol. The zero-order chi connectivity index (χ0) is 18.6. The minimum atomic E-state index is -3.37. The SMILES string of the molecule is COc1ccc(Cl)cc1C(=O)N[C@H](C)c1cccc(NS(C)(=O)=O)c1. The molecule has 0 heterocycles. The predicted octanol–water partition coefficient (Wildman–Crippen LogP) is 3.21. The summed E-state index contributed by atoms with van der Waals surface area (Å²) in [6.45, 7) is 1.80. The molecule has 0 fully saturated rings. The van der Waals surface area contributed by atoms with Crippen LogP contribution in [-0.4, -0.2) is 27.7 Å². The van der Waals surface area contributed by atoms with E-state index in [1.165, 1.54) is 13.2 Å². The number of halogens is 1. The first-order chi connectivity index (χ1) is 11.7. The van der Waals surface area contributed by atoms with Crippen molar-refractivity contribution in [3.05, 3.63) is 58.6 Å². The fraction of sp³-hybridized carbons (Fsp3) is 0.235. The highest BCUT2D eigenvalue weighted by atomic mass is 35.5. The van der Waals surface area contributed by atoms with Crippen LogP contribution in [0.1, 0.15) is 28.9 Å². The summed E-state index contributed by atoms with van der Waals surface area (Å²) in [5.41, 5.74) is 1.51. The highest BCUT2D eigenvalue weighted by Gasteiger charge is 2.16. The Morgan fingerprint density at radius 2 is 1.92 bits per heavy atom. The lowest BCUT2D eigenvalue weighted by Gasteiger charge is -2.17. The average Bonchev–Trinajstić information content (AvgIpc) is 2.53. The van der Waals surface area contributed by atoms with Crippen molar-refractivity contribution in [3.8, 4) is 5.75 Å². The van der Waals surface area contributed by atoms with Crippen molar-refractivity contribution in [1.82, 2.24) is 5.32 Å². The van der Waals surface area contributed by atoms with Crippen molar-refractivity contribution in [2.45, 2.75) is 13.0 Å². The number of methoxy groups -OCH3 is 1. The molecule has 1 atom stereocenters. The molecule has 134 valence electrons. The molecule has 0 saturated carbocycles. The van der Waals surface area contributed by atoms with E-state index in [9.17, 15) is 13.2 Å². The first-order valence-electron chi connectivity index (χ1n) is 7.42. The fourth-order valence-corrected chi connectivity index (χ4v) is 3.03. The fourth-order valence-electron chi connectivity index (χ4n) is 2.30. The van der Waals surface area contributed by atoms with Crippen molar-refractivity contribution in [2.75, 3.05) is 18.1 Å². The van der Waals surface area contributed by atoms with Crippen LogP contribution in [0.2, 0.25) is 5.02 Å². The van der Waals surface area contributed by atoms with Gasteiger partial charge in [-0.05, 0) is 42.8 Å². The van der Waals surface area contributed by atoms with E-state index in [-0.39, 0.29) is 11.9 Å². The molecule has 25 heavy (non-hydrogen) atoms. The molecule has 2 N–H and O–H groups in total. The number of rotatable bonds is 6. The molecule has 0 bridgehead atoms. The van der Waals surface area contributed by atoms with Crippen LogP contribution in [0.5, 0.6) is 5.75 Å². The van der Waals surface area contributed by atoms with Crippen LogP contribution in [0.4, 0.5) is 5.69 Å². The van der Waals surface area contributed by atoms with E-state index < -0.39 is 10.0 Å². The van der Waals surface area contributed by atoms with Gasteiger partial charge in [0, 0.05) is 10.7 Å². The van der Waals surface area contributed by atoms with Crippen LogP contribution < -0.4 is 14.8 Å². The number of nitrogens with one attached hydrogen (secondary N) is 2. The van der Waals surface area contributed by atoms with Gasteiger partial charge in [0.2, 0.25) is 10.0 Å². The molecule has 2 aromatic carbocycles. The summed E-state index contributed by atoms with van der Waals surface area (Å²) >= 11 is 5.95. The Morgan fingerprint density at radius 3 is 2.56 bits per heavy atom. The Balaban J connectivity index is 2.19. The molecule has 0 unspecified atom stereocenters. The Labute approximate surface area is 152 Å². The van der Waals surface area contributed by atoms with Crippen molar-refractivity contribution >= 4 is 33.2 Å². The van der Waals surface area contributed by atoms with E-state index in [4.69, 9.17) is 16.3 Å². The summed E-state index contributed by atoms with van der Waals surface area (Å²) in [4.78, 5) is 12.5. The molecule has 2 rings (SSSR count). The Hall–Kier alpha value is -2.25. The first-order valence-corrected chi connectivity index (χ1v) is 9.68. The summed E-state index contributed by atoms with van der Waals surface area (Å²) < 4.78 is 30.3. The van der Waals surface area contributed by atoms with E-state index >= 15 is 0 Å². The number of hydrogen-bond donors (Lipinski definition) is 2. The average molecular weight is 383 g/mol. The quantitative estimate of drug-likeness (QED) is 0.803. The molecule has 8 heteroatoms. The molecule has 0 aliphatic rings. The van der Waals surface area contributed by atoms with Gasteiger partial charge in [0.15, 0.2) is 0 Å². The Bertz CT molecular complexity index is 884. The second kappa shape index (κ2) is 7.76. The molecular weight excluding hydrogens is 364 g/mol. The molecule has 0 spiro atoms. The number of carbonyl (C=O) groups is 1. The van der Waals surface area contributed by atoms with Gasteiger partial charge in [-0.2, -0.15) is 0 Å². The molecule has 0 aromatic heterocycles. The number of ether oxygens (including phenoxy) is 1. The van der Waals surface area contributed by atoms with Gasteiger partial charge in [0.25, 0.3) is 5.91 Å². The maximum atomic E-state index is 12.5. The Morgan fingerprint density at radius 1 is 1.20 bits per heavy atom. The zero-order valence-electron chi connectivity index (χ0n) is 14.0. The smallest absolute Gasteiger partial charge is 0.255 e. The second-order valence-electron chi connectivity index (χ2n) is 5.54. The largest absolute Gasteiger partial charge is 0.496 e. The van der Waals surface area contributed by atoms with Gasteiger partial charge >= 0.3 is 0 Å². The van der Waals surface area contributed by atoms with Crippen molar-refractivity contribution in [1.29, 1.82) is 0 Å². The molecule has 6 nitrogen and oxygen atoms in total. The third-order valence-corrected chi connectivity index (χ3v) is 4.29. The third-order valence-electron chi connectivity index (χ3n) is 3.44. The van der Waals surface area contributed by atoms with Crippen molar-refractivity contribution < 1.29 is 17.9 Å². The number of benzene rings is 2. The lowest BCUT2D eigenvalue weighted by Crippen LogP contribution is -2.27. The number of anilines is 1. The summed E-state index contributed by atoms with van der Waals surface area (Å²) in [5, 5.41) is 3.28. The lowest BCUT2D eigenvalue weighted by molar-refractivity contribution is 0.0937.